The Kier molecular flexibility index (Phi) is 5.42. The van der Waals surface area contributed by atoms with Gasteiger partial charge in [-0.2, -0.15) is 5.26 Å². The number of hydrogen-bond acceptors (Lipinski definition) is 5. The molecule has 122 valence electrons. The fourth-order valence-corrected chi connectivity index (χ4v) is 2.00. The number of benzene rings is 2. The van der Waals surface area contributed by atoms with Crippen LogP contribution in [0.1, 0.15) is 5.56 Å². The highest BCUT2D eigenvalue weighted by Crippen LogP contribution is 2.25. The quantitative estimate of drug-likeness (QED) is 0.446. The van der Waals surface area contributed by atoms with E-state index in [0.717, 1.165) is 5.56 Å². The largest absolute Gasteiger partial charge is 0.506 e. The summed E-state index contributed by atoms with van der Waals surface area (Å²) in [5.74, 6) is -0.0537. The molecule has 3 N–H and O–H groups in total. The van der Waals surface area contributed by atoms with E-state index in [-0.39, 0.29) is 11.3 Å². The van der Waals surface area contributed by atoms with E-state index in [0.29, 0.717) is 17.1 Å². The van der Waals surface area contributed by atoms with Crippen molar-refractivity contribution >= 4 is 17.3 Å². The number of amides is 1. The van der Waals surface area contributed by atoms with E-state index < -0.39 is 5.91 Å². The summed E-state index contributed by atoms with van der Waals surface area (Å²) in [6.07, 6.45) is 1.25. The lowest BCUT2D eigenvalue weighted by molar-refractivity contribution is -0.112. The van der Waals surface area contributed by atoms with Crippen LogP contribution in [0, 0.1) is 18.3 Å². The Hall–Kier alpha value is -3.46. The van der Waals surface area contributed by atoms with Crippen LogP contribution < -0.4 is 15.4 Å². The monoisotopic (exact) mass is 323 g/mol. The molecule has 0 fully saturated rings. The number of carbonyl (C=O) groups excluding carboxylic acids is 1. The number of ether oxygens (including phenoxy) is 1. The fourth-order valence-electron chi connectivity index (χ4n) is 2.00. The molecule has 0 atom stereocenters. The van der Waals surface area contributed by atoms with Crippen molar-refractivity contribution in [3.05, 3.63) is 59.8 Å². The number of aromatic hydroxyl groups is 1. The average Bonchev–Trinajstić information content (AvgIpc) is 2.57. The molecule has 2 aromatic rings. The van der Waals surface area contributed by atoms with E-state index in [1.54, 1.807) is 42.5 Å². The van der Waals surface area contributed by atoms with Crippen LogP contribution in [0.3, 0.4) is 0 Å². The number of phenols is 1. The third kappa shape index (κ3) is 4.05. The first kappa shape index (κ1) is 16.9. The van der Waals surface area contributed by atoms with Crippen molar-refractivity contribution < 1.29 is 14.6 Å². The molecule has 24 heavy (non-hydrogen) atoms. The zero-order valence-electron chi connectivity index (χ0n) is 13.3. The minimum absolute atomic E-state index is 0.0358. The highest BCUT2D eigenvalue weighted by molar-refractivity contribution is 6.07. The van der Waals surface area contributed by atoms with Crippen molar-refractivity contribution in [3.63, 3.8) is 0 Å². The number of para-hydroxylation sites is 2. The molecule has 0 spiro atoms. The van der Waals surface area contributed by atoms with Crippen molar-refractivity contribution in [1.82, 2.24) is 0 Å². The first-order valence-corrected chi connectivity index (χ1v) is 7.16. The highest BCUT2D eigenvalue weighted by atomic mass is 16.5. The van der Waals surface area contributed by atoms with Gasteiger partial charge in [0.05, 0.1) is 18.5 Å². The van der Waals surface area contributed by atoms with Gasteiger partial charge in [0.1, 0.15) is 23.1 Å². The van der Waals surface area contributed by atoms with Gasteiger partial charge in [0.2, 0.25) is 0 Å². The minimum atomic E-state index is -0.582. The van der Waals surface area contributed by atoms with Crippen LogP contribution in [0.25, 0.3) is 0 Å². The molecule has 0 radical (unpaired) electrons. The Labute approximate surface area is 140 Å². The number of aryl methyl sites for hydroxylation is 1. The first-order valence-electron chi connectivity index (χ1n) is 7.16. The minimum Gasteiger partial charge on any atom is -0.506 e. The second-order valence-electron chi connectivity index (χ2n) is 4.99. The Balaban J connectivity index is 2.15. The standard InChI is InChI=1S/C18H17N3O3/c1-12-7-8-14(16(22)9-12)20-11-13(10-19)18(23)21-15-5-3-4-6-17(15)24-2/h3-9,11,20,22H,1-2H3,(H,21,23)/b13-11-. The van der Waals surface area contributed by atoms with Crippen LogP contribution in [0.2, 0.25) is 0 Å². The van der Waals surface area contributed by atoms with Gasteiger partial charge < -0.3 is 20.5 Å². The van der Waals surface area contributed by atoms with Crippen molar-refractivity contribution in [3.8, 4) is 17.6 Å². The summed E-state index contributed by atoms with van der Waals surface area (Å²) in [5, 5.41) is 24.4. The average molecular weight is 323 g/mol. The number of anilines is 2. The predicted octanol–water partition coefficient (Wildman–Crippen LogP) is 3.17. The van der Waals surface area contributed by atoms with E-state index in [1.165, 1.54) is 13.3 Å². The normalized spacial score (nSPS) is 10.6. The van der Waals surface area contributed by atoms with Crippen LogP contribution in [-0.4, -0.2) is 18.1 Å². The molecule has 0 aromatic heterocycles. The van der Waals surface area contributed by atoms with Crippen LogP contribution in [0.15, 0.2) is 54.2 Å². The van der Waals surface area contributed by atoms with Gasteiger partial charge in [-0.3, -0.25) is 4.79 Å². The highest BCUT2D eigenvalue weighted by Gasteiger charge is 2.12. The Morgan fingerprint density at radius 2 is 2.00 bits per heavy atom. The molecular weight excluding hydrogens is 306 g/mol. The van der Waals surface area contributed by atoms with E-state index >= 15 is 0 Å². The van der Waals surface area contributed by atoms with Crippen LogP contribution in [0.5, 0.6) is 11.5 Å². The van der Waals surface area contributed by atoms with Gasteiger partial charge in [-0.25, -0.2) is 0 Å². The third-order valence-electron chi connectivity index (χ3n) is 3.25. The summed E-state index contributed by atoms with van der Waals surface area (Å²) in [6.45, 7) is 1.85. The number of rotatable bonds is 5. The van der Waals surface area contributed by atoms with Crippen LogP contribution in [-0.2, 0) is 4.79 Å². The molecule has 0 unspecified atom stereocenters. The molecule has 2 aromatic carbocycles. The van der Waals surface area contributed by atoms with Crippen LogP contribution in [0.4, 0.5) is 11.4 Å². The molecule has 1 amide bonds. The van der Waals surface area contributed by atoms with Gasteiger partial charge >= 0.3 is 0 Å². The zero-order valence-corrected chi connectivity index (χ0v) is 13.3. The molecule has 0 bridgehead atoms. The molecular formula is C18H17N3O3. The van der Waals surface area contributed by atoms with Gasteiger partial charge in [0.25, 0.3) is 5.91 Å². The number of nitriles is 1. The molecule has 0 aliphatic heterocycles. The zero-order chi connectivity index (χ0) is 17.5. The van der Waals surface area contributed by atoms with Crippen LogP contribution >= 0.6 is 0 Å². The third-order valence-corrected chi connectivity index (χ3v) is 3.25. The molecule has 0 saturated heterocycles. The fraction of sp³-hybridized carbons (Fsp3) is 0.111. The van der Waals surface area contributed by atoms with Gasteiger partial charge in [-0.05, 0) is 36.8 Å². The number of methoxy groups -OCH3 is 1. The second kappa shape index (κ2) is 7.70. The summed E-state index contributed by atoms with van der Waals surface area (Å²) in [6, 6.07) is 13.8. The van der Waals surface area contributed by atoms with Crippen molar-refractivity contribution in [1.29, 1.82) is 5.26 Å². The maximum Gasteiger partial charge on any atom is 0.267 e. The summed E-state index contributed by atoms with van der Waals surface area (Å²) < 4.78 is 5.15. The van der Waals surface area contributed by atoms with Crippen molar-refractivity contribution in [2.24, 2.45) is 0 Å². The topological polar surface area (TPSA) is 94.4 Å². The molecule has 0 saturated carbocycles. The number of carbonyl (C=O) groups is 1. The molecule has 6 heteroatoms. The number of hydrogen-bond donors (Lipinski definition) is 3. The summed E-state index contributed by atoms with van der Waals surface area (Å²) in [5.41, 5.74) is 1.63. The first-order chi connectivity index (χ1) is 11.5. The van der Waals surface area contributed by atoms with E-state index in [1.807, 2.05) is 13.0 Å². The summed E-state index contributed by atoms with van der Waals surface area (Å²) in [4.78, 5) is 12.2. The Morgan fingerprint density at radius 3 is 2.67 bits per heavy atom. The lowest BCUT2D eigenvalue weighted by Gasteiger charge is -2.09. The summed E-state index contributed by atoms with van der Waals surface area (Å²) >= 11 is 0. The molecule has 0 heterocycles. The Morgan fingerprint density at radius 1 is 1.25 bits per heavy atom. The van der Waals surface area contributed by atoms with Gasteiger partial charge in [-0.15, -0.1) is 0 Å². The van der Waals surface area contributed by atoms with E-state index in [2.05, 4.69) is 10.6 Å². The maximum absolute atomic E-state index is 12.2. The lowest BCUT2D eigenvalue weighted by Crippen LogP contribution is -2.15. The van der Waals surface area contributed by atoms with Gasteiger partial charge in [0.15, 0.2) is 0 Å². The number of nitrogens with zero attached hydrogens (tertiary/aromatic N) is 1. The van der Waals surface area contributed by atoms with Crippen molar-refractivity contribution in [2.45, 2.75) is 6.92 Å². The molecule has 0 aliphatic carbocycles. The Bertz CT molecular complexity index is 822. The molecule has 2 rings (SSSR count). The van der Waals surface area contributed by atoms with Crippen molar-refractivity contribution in [2.75, 3.05) is 17.7 Å². The smallest absolute Gasteiger partial charge is 0.267 e. The van der Waals surface area contributed by atoms with Gasteiger partial charge in [-0.1, -0.05) is 18.2 Å². The maximum atomic E-state index is 12.2. The van der Waals surface area contributed by atoms with E-state index in [4.69, 9.17) is 4.74 Å². The second-order valence-corrected chi connectivity index (χ2v) is 4.99. The van der Waals surface area contributed by atoms with Gasteiger partial charge in [0, 0.05) is 6.20 Å². The summed E-state index contributed by atoms with van der Waals surface area (Å²) in [7, 11) is 1.49. The molecule has 0 aliphatic rings. The number of nitrogens with one attached hydrogen (secondary N) is 2. The number of phenolic OH excluding ortho intramolecular Hbond substituents is 1. The molecule has 6 nitrogen and oxygen atoms in total. The lowest BCUT2D eigenvalue weighted by atomic mass is 10.2. The SMILES string of the molecule is COc1ccccc1NC(=O)/C(C#N)=C\Nc1ccc(C)cc1O. The van der Waals surface area contributed by atoms with E-state index in [9.17, 15) is 15.2 Å². The predicted molar refractivity (Wildman–Crippen MR) is 91.8 cm³/mol.